The van der Waals surface area contributed by atoms with E-state index in [0.717, 1.165) is 37.7 Å². The van der Waals surface area contributed by atoms with Gasteiger partial charge >= 0.3 is 11.6 Å². The van der Waals surface area contributed by atoms with Gasteiger partial charge < -0.3 is 24.1 Å². The van der Waals surface area contributed by atoms with Gasteiger partial charge in [0.25, 0.3) is 0 Å². The molecule has 4 saturated carbocycles. The third-order valence-electron chi connectivity index (χ3n) is 10.6. The van der Waals surface area contributed by atoms with E-state index in [9.17, 15) is 19.8 Å². The average Bonchev–Trinajstić information content (AvgIpc) is 3.45. The summed E-state index contributed by atoms with van der Waals surface area (Å²) in [4.78, 5) is 23.7. The zero-order valence-electron chi connectivity index (χ0n) is 19.6. The van der Waals surface area contributed by atoms with Crippen molar-refractivity contribution in [2.45, 2.75) is 101 Å². The number of aliphatic hydroxyl groups is 2. The standard InChI is InChI=1S/C26H34O7/c1-14(27)32-21-20(15-4-5-19(29)31-13-15)24(3)10-7-17-18(26(24)22(21)33-26)8-11-25(30)12-16(28)6-9-23(17,25)2/h4-5,13,16-18,20-22,28,30H,6-12H2,1-3H3/t16-,17+,18+,20-,21+,22+,23+,24+,25+,26-/m0/s1. The monoisotopic (exact) mass is 458 g/mol. The molecule has 0 amide bonds. The summed E-state index contributed by atoms with van der Waals surface area (Å²) < 4.78 is 17.7. The summed E-state index contributed by atoms with van der Waals surface area (Å²) in [6, 6.07) is 3.23. The van der Waals surface area contributed by atoms with E-state index in [4.69, 9.17) is 13.9 Å². The Morgan fingerprint density at radius 2 is 1.82 bits per heavy atom. The van der Waals surface area contributed by atoms with Crippen molar-refractivity contribution in [3.8, 4) is 0 Å². The maximum Gasteiger partial charge on any atom is 0.335 e. The lowest BCUT2D eigenvalue weighted by molar-refractivity contribution is -0.224. The van der Waals surface area contributed by atoms with E-state index in [-0.39, 0.29) is 40.7 Å². The summed E-state index contributed by atoms with van der Waals surface area (Å²) in [6.07, 6.45) is 5.74. The number of hydrogen-bond donors (Lipinski definition) is 2. The lowest BCUT2D eigenvalue weighted by atomic mass is 9.42. The Morgan fingerprint density at radius 3 is 2.52 bits per heavy atom. The van der Waals surface area contributed by atoms with Crippen LogP contribution in [0.3, 0.4) is 0 Å². The highest BCUT2D eigenvalue weighted by molar-refractivity contribution is 5.66. The second-order valence-corrected chi connectivity index (χ2v) is 11.8. The van der Waals surface area contributed by atoms with Crippen molar-refractivity contribution in [1.29, 1.82) is 0 Å². The number of aliphatic hydroxyl groups excluding tert-OH is 1. The highest BCUT2D eigenvalue weighted by atomic mass is 16.7. The van der Waals surface area contributed by atoms with Crippen LogP contribution in [0.25, 0.3) is 0 Å². The van der Waals surface area contributed by atoms with E-state index in [1.807, 2.05) is 0 Å². The van der Waals surface area contributed by atoms with E-state index in [2.05, 4.69) is 13.8 Å². The molecular weight excluding hydrogens is 424 g/mol. The number of hydrogen-bond acceptors (Lipinski definition) is 7. The zero-order chi connectivity index (χ0) is 23.4. The Hall–Kier alpha value is -1.70. The average molecular weight is 459 g/mol. The SMILES string of the molecule is CC(=O)O[C@H]1[C@H]2O[C@@]23[C@@H]2CC[C@@]4(O)C[C@@H](O)CC[C@]4(C)[C@@H]2CC[C@]3(C)[C@H]1c1ccc(=O)oc1. The topological polar surface area (TPSA) is 110 Å². The van der Waals surface area contributed by atoms with Crippen LogP contribution in [0.4, 0.5) is 0 Å². The van der Waals surface area contributed by atoms with Gasteiger partial charge in [-0.05, 0) is 67.4 Å². The molecule has 5 aliphatic rings. The molecule has 0 bridgehead atoms. The molecule has 6 rings (SSSR count). The van der Waals surface area contributed by atoms with Gasteiger partial charge in [-0.1, -0.05) is 13.8 Å². The number of ether oxygens (including phenoxy) is 2. The van der Waals surface area contributed by atoms with Gasteiger partial charge in [-0.2, -0.15) is 0 Å². The molecule has 0 aromatic carbocycles. The molecule has 2 N–H and O–H groups in total. The summed E-state index contributed by atoms with van der Waals surface area (Å²) in [5, 5.41) is 22.0. The molecule has 1 spiro atoms. The summed E-state index contributed by atoms with van der Waals surface area (Å²) >= 11 is 0. The number of esters is 1. The quantitative estimate of drug-likeness (QED) is 0.518. The molecule has 1 aromatic heterocycles. The summed E-state index contributed by atoms with van der Waals surface area (Å²) in [5.41, 5.74) is -1.34. The molecule has 1 aromatic rings. The van der Waals surface area contributed by atoms with Crippen LogP contribution < -0.4 is 5.63 Å². The van der Waals surface area contributed by atoms with Gasteiger partial charge in [0.1, 0.15) is 17.8 Å². The van der Waals surface area contributed by atoms with Crippen molar-refractivity contribution in [2.75, 3.05) is 0 Å². The molecule has 2 heterocycles. The highest BCUT2D eigenvalue weighted by Gasteiger charge is 2.85. The first-order chi connectivity index (χ1) is 15.6. The van der Waals surface area contributed by atoms with Crippen molar-refractivity contribution in [1.82, 2.24) is 0 Å². The van der Waals surface area contributed by atoms with Gasteiger partial charge in [-0.25, -0.2) is 4.79 Å². The normalized spacial score (nSPS) is 52.2. The van der Waals surface area contributed by atoms with Crippen LogP contribution in [-0.2, 0) is 14.3 Å². The van der Waals surface area contributed by atoms with Gasteiger partial charge in [0.05, 0.1) is 18.0 Å². The number of epoxide rings is 1. The van der Waals surface area contributed by atoms with Crippen LogP contribution in [-0.4, -0.2) is 45.7 Å². The third-order valence-corrected chi connectivity index (χ3v) is 10.6. The van der Waals surface area contributed by atoms with Gasteiger partial charge in [-0.3, -0.25) is 4.79 Å². The first kappa shape index (κ1) is 21.8. The minimum absolute atomic E-state index is 0.118. The second-order valence-electron chi connectivity index (χ2n) is 11.8. The Labute approximate surface area is 193 Å². The Bertz CT molecular complexity index is 1030. The lowest BCUT2D eigenvalue weighted by Crippen LogP contribution is -2.65. The first-order valence-electron chi connectivity index (χ1n) is 12.4. The van der Waals surface area contributed by atoms with Gasteiger partial charge in [0.15, 0.2) is 0 Å². The van der Waals surface area contributed by atoms with E-state index < -0.39 is 29.0 Å². The fraction of sp³-hybridized carbons (Fsp3) is 0.769. The maximum atomic E-state index is 12.1. The molecule has 7 heteroatoms. The number of carbonyl (C=O) groups excluding carboxylic acids is 1. The Morgan fingerprint density at radius 1 is 1.09 bits per heavy atom. The van der Waals surface area contributed by atoms with Crippen molar-refractivity contribution in [2.24, 2.45) is 22.7 Å². The van der Waals surface area contributed by atoms with Crippen LogP contribution in [0.2, 0.25) is 0 Å². The van der Waals surface area contributed by atoms with E-state index in [0.29, 0.717) is 12.8 Å². The van der Waals surface area contributed by atoms with Crippen LogP contribution in [0, 0.1) is 22.7 Å². The largest absolute Gasteiger partial charge is 0.459 e. The predicted molar refractivity (Wildman–Crippen MR) is 117 cm³/mol. The Balaban J connectivity index is 1.42. The third kappa shape index (κ3) is 2.62. The number of carbonyl (C=O) groups is 1. The summed E-state index contributed by atoms with van der Waals surface area (Å²) in [5.74, 6) is 0.0816. The van der Waals surface area contributed by atoms with Crippen LogP contribution in [0.15, 0.2) is 27.6 Å². The van der Waals surface area contributed by atoms with Crippen molar-refractivity contribution < 1.29 is 28.9 Å². The smallest absolute Gasteiger partial charge is 0.335 e. The molecule has 5 fully saturated rings. The number of rotatable bonds is 2. The van der Waals surface area contributed by atoms with E-state index in [1.54, 1.807) is 6.07 Å². The highest BCUT2D eigenvalue weighted by Crippen LogP contribution is 2.78. The molecule has 10 atom stereocenters. The molecular formula is C26H34O7. The molecule has 7 nitrogen and oxygen atoms in total. The van der Waals surface area contributed by atoms with Crippen LogP contribution >= 0.6 is 0 Å². The molecule has 180 valence electrons. The van der Waals surface area contributed by atoms with Gasteiger partial charge in [0.2, 0.25) is 0 Å². The minimum atomic E-state index is -0.850. The van der Waals surface area contributed by atoms with Gasteiger partial charge in [0, 0.05) is 30.7 Å². The molecule has 0 unspecified atom stereocenters. The Kier molecular flexibility index (Phi) is 4.43. The molecule has 1 saturated heterocycles. The number of fused-ring (bicyclic) bond motifs is 3. The molecule has 0 radical (unpaired) electrons. The van der Waals surface area contributed by atoms with Crippen LogP contribution in [0.5, 0.6) is 0 Å². The maximum absolute atomic E-state index is 12.1. The first-order valence-corrected chi connectivity index (χ1v) is 12.4. The summed E-state index contributed by atoms with van der Waals surface area (Å²) in [6.45, 7) is 5.89. The van der Waals surface area contributed by atoms with Crippen LogP contribution in [0.1, 0.15) is 77.2 Å². The molecule has 1 aliphatic heterocycles. The van der Waals surface area contributed by atoms with E-state index in [1.165, 1.54) is 19.3 Å². The molecule has 33 heavy (non-hydrogen) atoms. The summed E-state index contributed by atoms with van der Waals surface area (Å²) in [7, 11) is 0. The van der Waals surface area contributed by atoms with Gasteiger partial charge in [-0.15, -0.1) is 0 Å². The molecule has 4 aliphatic carbocycles. The fourth-order valence-corrected chi connectivity index (χ4v) is 9.10. The van der Waals surface area contributed by atoms with Crippen molar-refractivity contribution in [3.05, 3.63) is 34.4 Å². The van der Waals surface area contributed by atoms with Crippen molar-refractivity contribution >= 4 is 5.97 Å². The van der Waals surface area contributed by atoms with Crippen molar-refractivity contribution in [3.63, 3.8) is 0 Å². The predicted octanol–water partition coefficient (Wildman–Crippen LogP) is 2.91. The van der Waals surface area contributed by atoms with E-state index >= 15 is 0 Å². The lowest BCUT2D eigenvalue weighted by Gasteiger charge is -2.63. The fourth-order valence-electron chi connectivity index (χ4n) is 9.10. The zero-order valence-corrected chi connectivity index (χ0v) is 19.6. The second kappa shape index (κ2) is 6.70. The minimum Gasteiger partial charge on any atom is -0.459 e.